The molecule has 0 aliphatic rings. The lowest BCUT2D eigenvalue weighted by molar-refractivity contribution is -0.139. The zero-order valence-corrected chi connectivity index (χ0v) is 5.42. The lowest BCUT2D eigenvalue weighted by atomic mass is 10.6. The third-order valence-corrected chi connectivity index (χ3v) is 0.980. The van der Waals surface area contributed by atoms with Crippen LogP contribution in [-0.4, -0.2) is 31.7 Å². The van der Waals surface area contributed by atoms with E-state index in [9.17, 15) is 4.79 Å². The van der Waals surface area contributed by atoms with E-state index in [2.05, 4.69) is 4.74 Å². The monoisotopic (exact) mass is 117 g/mol. The molecule has 0 bridgehead atoms. The van der Waals surface area contributed by atoms with Gasteiger partial charge in [-0.2, -0.15) is 0 Å². The fourth-order valence-corrected chi connectivity index (χ4v) is 0.202. The summed E-state index contributed by atoms with van der Waals surface area (Å²) >= 11 is 0. The molecule has 0 aromatic rings. The van der Waals surface area contributed by atoms with Gasteiger partial charge in [0.15, 0.2) is 6.23 Å². The number of ether oxygens (including phenoxy) is 1. The number of rotatable bonds is 3. The van der Waals surface area contributed by atoms with Crippen molar-refractivity contribution in [1.82, 2.24) is 4.90 Å². The molecule has 0 saturated heterocycles. The highest BCUT2D eigenvalue weighted by Gasteiger charge is 2.00. The van der Waals surface area contributed by atoms with E-state index in [4.69, 9.17) is 0 Å². The summed E-state index contributed by atoms with van der Waals surface area (Å²) in [6.07, 6.45) is -0.118. The van der Waals surface area contributed by atoms with Gasteiger partial charge < -0.3 is 4.74 Å². The Bertz CT molecular complexity index is 72.8. The topological polar surface area (TPSA) is 29.5 Å². The van der Waals surface area contributed by atoms with E-state index in [0.717, 1.165) is 0 Å². The number of nitrogens with zero attached hydrogens (tertiary/aromatic N) is 1. The van der Waals surface area contributed by atoms with Crippen LogP contribution < -0.4 is 0 Å². The molecule has 1 atom stereocenters. The Balaban J connectivity index is 3.30. The summed E-state index contributed by atoms with van der Waals surface area (Å²) in [5, 5.41) is 0. The van der Waals surface area contributed by atoms with E-state index >= 15 is 0 Å². The number of hydrogen-bond acceptors (Lipinski definition) is 3. The average Bonchev–Trinajstić information content (AvgIpc) is 1.67. The van der Waals surface area contributed by atoms with Crippen molar-refractivity contribution in [1.29, 1.82) is 0 Å². The lowest BCUT2D eigenvalue weighted by Gasteiger charge is -2.16. The molecule has 0 rings (SSSR count). The van der Waals surface area contributed by atoms with E-state index in [1.54, 1.807) is 11.8 Å². The Morgan fingerprint density at radius 2 is 2.12 bits per heavy atom. The predicted molar refractivity (Wildman–Crippen MR) is 30.3 cm³/mol. The Kier molecular flexibility index (Phi) is 3.19. The molecule has 0 fully saturated rings. The van der Waals surface area contributed by atoms with Gasteiger partial charge in [-0.1, -0.05) is 0 Å². The Morgan fingerprint density at radius 1 is 1.62 bits per heavy atom. The number of hydrogen-bond donors (Lipinski definition) is 0. The van der Waals surface area contributed by atoms with E-state index in [1.165, 1.54) is 0 Å². The molecule has 0 spiro atoms. The lowest BCUT2D eigenvalue weighted by Crippen LogP contribution is -2.26. The maximum absolute atomic E-state index is 9.67. The summed E-state index contributed by atoms with van der Waals surface area (Å²) in [6, 6.07) is 0. The van der Waals surface area contributed by atoms with Crippen molar-refractivity contribution in [2.45, 2.75) is 13.2 Å². The molecule has 0 aromatic carbocycles. The van der Waals surface area contributed by atoms with Crippen LogP contribution in [0.1, 0.15) is 6.92 Å². The van der Waals surface area contributed by atoms with Gasteiger partial charge in [-0.25, -0.2) is 0 Å². The molecular formula is C5H11NO2. The first-order valence-electron chi connectivity index (χ1n) is 2.44. The van der Waals surface area contributed by atoms with Crippen LogP contribution in [0.3, 0.4) is 0 Å². The van der Waals surface area contributed by atoms with Crippen molar-refractivity contribution in [3.63, 3.8) is 0 Å². The van der Waals surface area contributed by atoms with Gasteiger partial charge in [0.2, 0.25) is 0 Å². The van der Waals surface area contributed by atoms with E-state index in [1.807, 2.05) is 14.1 Å². The highest BCUT2D eigenvalue weighted by Crippen LogP contribution is 1.88. The molecule has 0 heterocycles. The summed E-state index contributed by atoms with van der Waals surface area (Å²) in [4.78, 5) is 11.5. The highest BCUT2D eigenvalue weighted by atomic mass is 16.5. The summed E-state index contributed by atoms with van der Waals surface area (Å²) in [5.74, 6) is 0. The minimum absolute atomic E-state index is 0.118. The van der Waals surface area contributed by atoms with E-state index in [-0.39, 0.29) is 6.23 Å². The maximum Gasteiger partial charge on any atom is 0.294 e. The SMILES string of the molecule is CC(OC=O)N(C)C. The molecule has 0 aliphatic carbocycles. The van der Waals surface area contributed by atoms with Gasteiger partial charge in [0.05, 0.1) is 0 Å². The van der Waals surface area contributed by atoms with Crippen molar-refractivity contribution < 1.29 is 9.53 Å². The smallest absolute Gasteiger partial charge is 0.294 e. The molecule has 0 amide bonds. The van der Waals surface area contributed by atoms with Crippen molar-refractivity contribution in [2.24, 2.45) is 0 Å². The van der Waals surface area contributed by atoms with Gasteiger partial charge in [0, 0.05) is 0 Å². The van der Waals surface area contributed by atoms with Crippen LogP contribution >= 0.6 is 0 Å². The molecular weight excluding hydrogens is 106 g/mol. The summed E-state index contributed by atoms with van der Waals surface area (Å²) in [7, 11) is 3.68. The zero-order valence-electron chi connectivity index (χ0n) is 5.42. The Morgan fingerprint density at radius 3 is 2.25 bits per heavy atom. The standard InChI is InChI=1S/C5H11NO2/c1-5(6(2)3)8-4-7/h4-5H,1-3H3. The largest absolute Gasteiger partial charge is 0.449 e. The number of carbonyl (C=O) groups is 1. The fraction of sp³-hybridized carbons (Fsp3) is 0.800. The molecule has 0 N–H and O–H groups in total. The van der Waals surface area contributed by atoms with E-state index in [0.29, 0.717) is 6.47 Å². The zero-order chi connectivity index (χ0) is 6.57. The molecule has 0 saturated carbocycles. The molecule has 0 aliphatic heterocycles. The summed E-state index contributed by atoms with van der Waals surface area (Å²) in [6.45, 7) is 2.25. The van der Waals surface area contributed by atoms with Gasteiger partial charge in [0.25, 0.3) is 6.47 Å². The van der Waals surface area contributed by atoms with Gasteiger partial charge >= 0.3 is 0 Å². The first kappa shape index (κ1) is 7.43. The molecule has 3 nitrogen and oxygen atoms in total. The Labute approximate surface area is 49.2 Å². The van der Waals surface area contributed by atoms with E-state index < -0.39 is 0 Å². The Hall–Kier alpha value is -0.570. The first-order valence-corrected chi connectivity index (χ1v) is 2.44. The van der Waals surface area contributed by atoms with Crippen LogP contribution in [0.25, 0.3) is 0 Å². The fourth-order valence-electron chi connectivity index (χ4n) is 0.202. The van der Waals surface area contributed by atoms with Crippen molar-refractivity contribution in [2.75, 3.05) is 14.1 Å². The molecule has 48 valence electrons. The molecule has 3 heteroatoms. The van der Waals surface area contributed by atoms with Crippen molar-refractivity contribution >= 4 is 6.47 Å². The number of carbonyl (C=O) groups excluding carboxylic acids is 1. The third-order valence-electron chi connectivity index (χ3n) is 0.980. The maximum atomic E-state index is 9.67. The summed E-state index contributed by atoms with van der Waals surface area (Å²) in [5.41, 5.74) is 0. The van der Waals surface area contributed by atoms with Crippen LogP contribution in [0.5, 0.6) is 0 Å². The molecule has 0 radical (unpaired) electrons. The van der Waals surface area contributed by atoms with Crippen LogP contribution in [0.4, 0.5) is 0 Å². The van der Waals surface area contributed by atoms with Gasteiger partial charge in [0.1, 0.15) is 0 Å². The minimum atomic E-state index is -0.118. The first-order chi connectivity index (χ1) is 3.68. The van der Waals surface area contributed by atoms with Crippen LogP contribution in [0.2, 0.25) is 0 Å². The van der Waals surface area contributed by atoms with Crippen molar-refractivity contribution in [3.8, 4) is 0 Å². The minimum Gasteiger partial charge on any atom is -0.449 e. The molecule has 0 aromatic heterocycles. The average molecular weight is 117 g/mol. The van der Waals surface area contributed by atoms with Gasteiger partial charge in [-0.15, -0.1) is 0 Å². The second-order valence-electron chi connectivity index (χ2n) is 1.80. The second kappa shape index (κ2) is 3.43. The van der Waals surface area contributed by atoms with Crippen LogP contribution in [0, 0.1) is 0 Å². The predicted octanol–water partition coefficient (Wildman–Crippen LogP) is 0.0670. The quantitative estimate of drug-likeness (QED) is 0.387. The van der Waals surface area contributed by atoms with Crippen LogP contribution in [-0.2, 0) is 9.53 Å². The molecule has 8 heavy (non-hydrogen) atoms. The third kappa shape index (κ3) is 2.58. The van der Waals surface area contributed by atoms with Gasteiger partial charge in [-0.3, -0.25) is 9.69 Å². The summed E-state index contributed by atoms with van der Waals surface area (Å²) < 4.78 is 4.55. The van der Waals surface area contributed by atoms with Gasteiger partial charge in [-0.05, 0) is 21.0 Å². The molecule has 1 unspecified atom stereocenters. The van der Waals surface area contributed by atoms with Crippen LogP contribution in [0.15, 0.2) is 0 Å². The highest BCUT2D eigenvalue weighted by molar-refractivity contribution is 5.37. The second-order valence-corrected chi connectivity index (χ2v) is 1.80. The normalized spacial score (nSPS) is 13.5. The van der Waals surface area contributed by atoms with Crippen molar-refractivity contribution in [3.05, 3.63) is 0 Å².